The van der Waals surface area contributed by atoms with Gasteiger partial charge in [0.25, 0.3) is 5.91 Å². The van der Waals surface area contributed by atoms with Crippen molar-refractivity contribution < 1.29 is 19.1 Å². The normalized spacial score (nSPS) is 15.2. The highest BCUT2D eigenvalue weighted by atomic mass is 32.2. The molecule has 0 spiro atoms. The molecular weight excluding hydrogens is 446 g/mol. The second-order valence-corrected chi connectivity index (χ2v) is 10.2. The highest BCUT2D eigenvalue weighted by molar-refractivity contribution is 8.00. The zero-order chi connectivity index (χ0) is 23.6. The van der Waals surface area contributed by atoms with E-state index in [1.807, 2.05) is 20.8 Å². The number of rotatable bonds is 7. The fraction of sp³-hybridized carbons (Fsp3) is 0.478. The van der Waals surface area contributed by atoms with E-state index in [2.05, 4.69) is 17.2 Å². The minimum Gasteiger partial charge on any atom is -0.462 e. The summed E-state index contributed by atoms with van der Waals surface area (Å²) in [5, 5.41) is 3.87. The van der Waals surface area contributed by atoms with Gasteiger partial charge in [0.05, 0.1) is 23.5 Å². The van der Waals surface area contributed by atoms with Gasteiger partial charge in [-0.05, 0) is 69.6 Å². The number of aryl methyl sites for hydroxylation is 1. The number of anilines is 1. The number of esters is 1. The predicted molar refractivity (Wildman–Crippen MR) is 128 cm³/mol. The molecule has 3 rings (SSSR count). The summed E-state index contributed by atoms with van der Waals surface area (Å²) in [6.07, 6.45) is 2.71. The van der Waals surface area contributed by atoms with Crippen LogP contribution in [0.5, 0.6) is 0 Å². The molecule has 0 unspecified atom stereocenters. The molecule has 2 heterocycles. The summed E-state index contributed by atoms with van der Waals surface area (Å²) >= 11 is 2.62. The van der Waals surface area contributed by atoms with Crippen molar-refractivity contribution in [2.24, 2.45) is 11.7 Å². The molecule has 1 aliphatic carbocycles. The minimum atomic E-state index is -0.564. The number of amides is 2. The van der Waals surface area contributed by atoms with Crippen molar-refractivity contribution >= 4 is 45.9 Å². The van der Waals surface area contributed by atoms with Gasteiger partial charge < -0.3 is 15.8 Å². The Bertz CT molecular complexity index is 1080. The van der Waals surface area contributed by atoms with Crippen LogP contribution in [0.2, 0.25) is 0 Å². The molecule has 32 heavy (non-hydrogen) atoms. The summed E-state index contributed by atoms with van der Waals surface area (Å²) in [5.74, 6) is -0.659. The molecule has 2 amide bonds. The highest BCUT2D eigenvalue weighted by Gasteiger charge is 2.29. The van der Waals surface area contributed by atoms with Gasteiger partial charge in [0.15, 0.2) is 0 Å². The van der Waals surface area contributed by atoms with Crippen molar-refractivity contribution in [3.63, 3.8) is 0 Å². The van der Waals surface area contributed by atoms with Crippen LogP contribution in [0, 0.1) is 26.7 Å². The Kier molecular flexibility index (Phi) is 7.61. The quantitative estimate of drug-likeness (QED) is 0.459. The maximum Gasteiger partial charge on any atom is 0.341 e. The van der Waals surface area contributed by atoms with E-state index >= 15 is 0 Å². The lowest BCUT2D eigenvalue weighted by atomic mass is 9.88. The van der Waals surface area contributed by atoms with Gasteiger partial charge >= 0.3 is 5.97 Å². The Morgan fingerprint density at radius 3 is 2.59 bits per heavy atom. The van der Waals surface area contributed by atoms with E-state index in [1.165, 1.54) is 11.3 Å². The van der Waals surface area contributed by atoms with Crippen molar-refractivity contribution in [1.29, 1.82) is 0 Å². The number of nitrogens with two attached hydrogens (primary N) is 1. The van der Waals surface area contributed by atoms with Crippen LogP contribution in [0.4, 0.5) is 5.00 Å². The van der Waals surface area contributed by atoms with Crippen LogP contribution >= 0.6 is 23.1 Å². The Labute approximate surface area is 196 Å². The Morgan fingerprint density at radius 2 is 1.94 bits per heavy atom. The van der Waals surface area contributed by atoms with Crippen LogP contribution in [-0.2, 0) is 22.4 Å². The van der Waals surface area contributed by atoms with Crippen LogP contribution in [0.25, 0.3) is 0 Å². The number of pyridine rings is 1. The van der Waals surface area contributed by atoms with Gasteiger partial charge in [-0.3, -0.25) is 9.59 Å². The Hall–Kier alpha value is -2.39. The number of nitrogens with one attached hydrogen (secondary N) is 1. The third-order valence-corrected chi connectivity index (χ3v) is 7.94. The number of fused-ring (bicyclic) bond motifs is 1. The number of carbonyl (C=O) groups is 3. The number of thiophene rings is 1. The molecule has 0 fully saturated rings. The molecule has 2 aromatic heterocycles. The van der Waals surface area contributed by atoms with E-state index in [1.54, 1.807) is 6.92 Å². The summed E-state index contributed by atoms with van der Waals surface area (Å²) in [5.41, 5.74) is 9.87. The standard InChI is InChI=1S/C23H29N3O4S2/c1-6-30-23(29)19-15-8-7-11(2)9-16(15)32-22(19)26-17(27)10-31-21-18(20(24)28)13(4)12(3)14(5)25-21/h11H,6-10H2,1-5H3,(H2,24,28)(H,26,27)/t11-/m1/s1. The average Bonchev–Trinajstić information content (AvgIpc) is 3.06. The van der Waals surface area contributed by atoms with E-state index in [-0.39, 0.29) is 18.3 Å². The number of hydrogen-bond donors (Lipinski definition) is 2. The van der Waals surface area contributed by atoms with Crippen molar-refractivity contribution in [2.75, 3.05) is 17.7 Å². The monoisotopic (exact) mass is 475 g/mol. The van der Waals surface area contributed by atoms with Gasteiger partial charge in [0, 0.05) is 10.6 Å². The van der Waals surface area contributed by atoms with Crippen molar-refractivity contribution in [3.05, 3.63) is 38.4 Å². The first-order valence-electron chi connectivity index (χ1n) is 10.7. The van der Waals surface area contributed by atoms with Crippen LogP contribution in [0.3, 0.4) is 0 Å². The minimum absolute atomic E-state index is 0.0382. The molecule has 1 atom stereocenters. The zero-order valence-electron chi connectivity index (χ0n) is 19.1. The third kappa shape index (κ3) is 4.99. The van der Waals surface area contributed by atoms with Gasteiger partial charge in [-0.2, -0.15) is 0 Å². The molecule has 0 bridgehead atoms. The number of ether oxygens (including phenoxy) is 1. The SMILES string of the molecule is CCOC(=O)c1c(NC(=O)CSc2nc(C)c(C)c(C)c2C(N)=O)sc2c1CC[C@@H](C)C2. The second kappa shape index (κ2) is 10.0. The lowest BCUT2D eigenvalue weighted by Gasteiger charge is -2.18. The maximum absolute atomic E-state index is 12.8. The van der Waals surface area contributed by atoms with E-state index < -0.39 is 11.9 Å². The molecule has 2 aromatic rings. The summed E-state index contributed by atoms with van der Waals surface area (Å²) in [6, 6.07) is 0. The summed E-state index contributed by atoms with van der Waals surface area (Å²) < 4.78 is 5.26. The van der Waals surface area contributed by atoms with Gasteiger partial charge in [0.1, 0.15) is 10.0 Å². The van der Waals surface area contributed by atoms with Crippen LogP contribution < -0.4 is 11.1 Å². The molecule has 0 saturated heterocycles. The topological polar surface area (TPSA) is 111 Å². The van der Waals surface area contributed by atoms with Gasteiger partial charge in [-0.25, -0.2) is 9.78 Å². The van der Waals surface area contributed by atoms with Crippen LogP contribution in [-0.4, -0.2) is 35.1 Å². The molecule has 172 valence electrons. The molecule has 0 aromatic carbocycles. The average molecular weight is 476 g/mol. The van der Waals surface area contributed by atoms with Crippen LogP contribution in [0.1, 0.15) is 68.2 Å². The number of nitrogens with zero attached hydrogens (tertiary/aromatic N) is 1. The largest absolute Gasteiger partial charge is 0.462 e. The van der Waals surface area contributed by atoms with Crippen LogP contribution in [0.15, 0.2) is 5.03 Å². The smallest absolute Gasteiger partial charge is 0.341 e. The molecule has 1 aliphatic rings. The van der Waals surface area contributed by atoms with E-state index in [0.717, 1.165) is 58.3 Å². The van der Waals surface area contributed by atoms with Crippen molar-refractivity contribution in [1.82, 2.24) is 4.98 Å². The third-order valence-electron chi connectivity index (χ3n) is 5.79. The fourth-order valence-electron chi connectivity index (χ4n) is 3.86. The Morgan fingerprint density at radius 1 is 1.22 bits per heavy atom. The first-order chi connectivity index (χ1) is 15.1. The molecule has 0 radical (unpaired) electrons. The second-order valence-electron chi connectivity index (χ2n) is 8.10. The van der Waals surface area contributed by atoms with E-state index in [0.29, 0.717) is 27.1 Å². The van der Waals surface area contributed by atoms with E-state index in [9.17, 15) is 14.4 Å². The maximum atomic E-state index is 12.8. The fourth-order valence-corrected chi connectivity index (χ4v) is 6.22. The van der Waals surface area contributed by atoms with Gasteiger partial charge in [-0.15, -0.1) is 11.3 Å². The van der Waals surface area contributed by atoms with E-state index in [4.69, 9.17) is 10.5 Å². The van der Waals surface area contributed by atoms with Crippen molar-refractivity contribution in [2.45, 2.75) is 58.9 Å². The molecule has 3 N–H and O–H groups in total. The predicted octanol–water partition coefficient (Wildman–Crippen LogP) is 4.20. The van der Waals surface area contributed by atoms with Gasteiger partial charge in [-0.1, -0.05) is 18.7 Å². The Balaban J connectivity index is 1.82. The lowest BCUT2D eigenvalue weighted by molar-refractivity contribution is -0.113. The summed E-state index contributed by atoms with van der Waals surface area (Å²) in [6.45, 7) is 9.81. The van der Waals surface area contributed by atoms with Crippen molar-refractivity contribution in [3.8, 4) is 0 Å². The molecule has 0 aliphatic heterocycles. The first kappa shape index (κ1) is 24.3. The highest BCUT2D eigenvalue weighted by Crippen LogP contribution is 2.40. The van der Waals surface area contributed by atoms with Gasteiger partial charge in [0.2, 0.25) is 5.91 Å². The lowest BCUT2D eigenvalue weighted by Crippen LogP contribution is -2.19. The zero-order valence-corrected chi connectivity index (χ0v) is 20.7. The molecule has 7 nitrogen and oxygen atoms in total. The number of thioether (sulfide) groups is 1. The number of aromatic nitrogens is 1. The summed E-state index contributed by atoms with van der Waals surface area (Å²) in [7, 11) is 0. The number of carbonyl (C=O) groups excluding carboxylic acids is 3. The first-order valence-corrected chi connectivity index (χ1v) is 12.5. The summed E-state index contributed by atoms with van der Waals surface area (Å²) in [4.78, 5) is 43.0. The molecule has 9 heteroatoms. The molecule has 0 saturated carbocycles. The molecular formula is C23H29N3O4S2. The number of primary amides is 1. The number of hydrogen-bond acceptors (Lipinski definition) is 7.